The Kier molecular flexibility index (Phi) is 8.33. The van der Waals surface area contributed by atoms with E-state index in [0.29, 0.717) is 0 Å². The fourth-order valence-electron chi connectivity index (χ4n) is 10.1. The third kappa shape index (κ3) is 5.53. The second-order valence-corrected chi connectivity index (χ2v) is 17.0. The van der Waals surface area contributed by atoms with Gasteiger partial charge in [0.25, 0.3) is 0 Å². The zero-order valence-electron chi connectivity index (χ0n) is 33.4. The van der Waals surface area contributed by atoms with E-state index in [9.17, 15) is 0 Å². The van der Waals surface area contributed by atoms with Gasteiger partial charge in [0.2, 0.25) is 0 Å². The van der Waals surface area contributed by atoms with Gasteiger partial charge in [0.1, 0.15) is 0 Å². The Bertz CT molecular complexity index is 3370. The second-order valence-electron chi connectivity index (χ2n) is 16.0. The van der Waals surface area contributed by atoms with Crippen LogP contribution >= 0.6 is 11.3 Å². The van der Waals surface area contributed by atoms with Crippen molar-refractivity contribution in [1.29, 1.82) is 0 Å². The van der Waals surface area contributed by atoms with Gasteiger partial charge < -0.3 is 4.90 Å². The molecule has 0 N–H and O–H groups in total. The van der Waals surface area contributed by atoms with E-state index in [2.05, 4.69) is 241 Å². The molecule has 0 unspecified atom stereocenters. The van der Waals surface area contributed by atoms with Crippen molar-refractivity contribution in [2.45, 2.75) is 5.41 Å². The number of hydrogen-bond acceptors (Lipinski definition) is 2. The molecule has 1 aromatic heterocycles. The molecule has 0 saturated heterocycles. The Labute approximate surface area is 360 Å². The van der Waals surface area contributed by atoms with E-state index in [-0.39, 0.29) is 0 Å². The molecule has 1 aliphatic carbocycles. The predicted molar refractivity (Wildman–Crippen MR) is 260 cm³/mol. The van der Waals surface area contributed by atoms with Crippen LogP contribution in [0.2, 0.25) is 0 Å². The first-order valence-electron chi connectivity index (χ1n) is 21.0. The van der Waals surface area contributed by atoms with Crippen LogP contribution in [-0.2, 0) is 5.41 Å². The van der Waals surface area contributed by atoms with Gasteiger partial charge in [-0.3, -0.25) is 0 Å². The van der Waals surface area contributed by atoms with Crippen LogP contribution in [-0.4, -0.2) is 0 Å². The highest BCUT2D eigenvalue weighted by Crippen LogP contribution is 2.59. The molecule has 1 nitrogen and oxygen atoms in total. The highest BCUT2D eigenvalue weighted by Gasteiger charge is 2.47. The first-order valence-corrected chi connectivity index (χ1v) is 21.8. The van der Waals surface area contributed by atoms with Gasteiger partial charge in [-0.25, -0.2) is 0 Å². The van der Waals surface area contributed by atoms with Crippen molar-refractivity contribution in [2.24, 2.45) is 0 Å². The first-order chi connectivity index (χ1) is 30.3. The van der Waals surface area contributed by atoms with Crippen molar-refractivity contribution in [3.8, 4) is 33.4 Å². The van der Waals surface area contributed by atoms with Gasteiger partial charge in [0.15, 0.2) is 0 Å². The van der Waals surface area contributed by atoms with E-state index in [1.165, 1.54) is 86.6 Å². The Hall–Kier alpha value is -7.52. The lowest BCUT2D eigenvalue weighted by Gasteiger charge is -2.34. The summed E-state index contributed by atoms with van der Waals surface area (Å²) >= 11 is 1.88. The maximum atomic E-state index is 2.49. The quantitative estimate of drug-likeness (QED) is 0.155. The minimum absolute atomic E-state index is 0.507. The van der Waals surface area contributed by atoms with Crippen LogP contribution < -0.4 is 4.90 Å². The van der Waals surface area contributed by atoms with E-state index < -0.39 is 5.41 Å². The van der Waals surface area contributed by atoms with E-state index in [1.807, 2.05) is 11.3 Å². The summed E-state index contributed by atoms with van der Waals surface area (Å²) in [4.78, 5) is 2.49. The Morgan fingerprint density at radius 1 is 0.361 bits per heavy atom. The lowest BCUT2D eigenvalue weighted by Crippen LogP contribution is -2.28. The van der Waals surface area contributed by atoms with Gasteiger partial charge in [0.05, 0.1) is 11.1 Å². The normalized spacial score (nSPS) is 12.7. The van der Waals surface area contributed by atoms with Crippen molar-refractivity contribution < 1.29 is 0 Å². The molecule has 12 rings (SSSR count). The number of benzene rings is 10. The third-order valence-electron chi connectivity index (χ3n) is 12.7. The molecular weight excluding hydrogens is 755 g/mol. The van der Waals surface area contributed by atoms with E-state index >= 15 is 0 Å². The molecule has 0 radical (unpaired) electrons. The fourth-order valence-corrected chi connectivity index (χ4v) is 11.4. The summed E-state index contributed by atoms with van der Waals surface area (Å²) in [5.74, 6) is 0. The van der Waals surface area contributed by atoms with Crippen molar-refractivity contribution in [3.05, 3.63) is 259 Å². The Morgan fingerprint density at radius 3 is 1.77 bits per heavy atom. The zero-order valence-corrected chi connectivity index (χ0v) is 34.2. The smallest absolute Gasteiger partial charge is 0.0714 e. The molecule has 11 aromatic rings. The largest absolute Gasteiger partial charge is 0.310 e. The van der Waals surface area contributed by atoms with Crippen LogP contribution in [0.25, 0.3) is 64.3 Å². The maximum absolute atomic E-state index is 2.49. The van der Waals surface area contributed by atoms with Crippen molar-refractivity contribution >= 4 is 59.3 Å². The molecule has 286 valence electrons. The average Bonchev–Trinajstić information content (AvgIpc) is 3.87. The van der Waals surface area contributed by atoms with Gasteiger partial charge in [-0.05, 0) is 97.2 Å². The summed E-state index contributed by atoms with van der Waals surface area (Å²) in [7, 11) is 0. The van der Waals surface area contributed by atoms with Crippen LogP contribution in [0.15, 0.2) is 237 Å². The van der Waals surface area contributed by atoms with Gasteiger partial charge in [0, 0.05) is 37.1 Å². The van der Waals surface area contributed by atoms with E-state index in [4.69, 9.17) is 0 Å². The summed E-state index contributed by atoms with van der Waals surface area (Å²) in [6.45, 7) is 0. The molecule has 0 aliphatic heterocycles. The highest BCUT2D eigenvalue weighted by atomic mass is 32.1. The molecule has 0 fully saturated rings. The number of nitrogens with zero attached hydrogens (tertiary/aromatic N) is 1. The van der Waals surface area contributed by atoms with Crippen LogP contribution in [0.1, 0.15) is 22.3 Å². The van der Waals surface area contributed by atoms with Crippen LogP contribution in [0.5, 0.6) is 0 Å². The lowest BCUT2D eigenvalue weighted by molar-refractivity contribution is 0.768. The van der Waals surface area contributed by atoms with Crippen LogP contribution in [0.3, 0.4) is 0 Å². The number of anilines is 3. The topological polar surface area (TPSA) is 3.24 Å². The standard InChI is InChI=1S/C59H39NS/c1-3-20-43(21-4-1)59(44-22-5-2-6-23-44)53-31-11-9-27-52(53)57-54(59)32-16-33-55(57)60(45-37-35-41(36-38-45)48-28-14-18-40-17-7-8-25-47(40)48)46-24-13-19-42(39-46)49-29-15-30-51-50-26-10-12-34-56(50)61-58(49)51/h1-39H. The van der Waals surface area contributed by atoms with E-state index in [1.54, 1.807) is 0 Å². The number of thiophene rings is 1. The van der Waals surface area contributed by atoms with Gasteiger partial charge in [-0.1, -0.05) is 200 Å². The highest BCUT2D eigenvalue weighted by molar-refractivity contribution is 7.26. The summed E-state index contributed by atoms with van der Waals surface area (Å²) < 4.78 is 2.63. The SMILES string of the molecule is c1ccc(C2(c3ccccc3)c3ccccc3-c3c(N(c4ccc(-c5cccc6ccccc56)cc4)c4cccc(-c5cccc6c5sc5ccccc56)c4)cccc32)cc1. The summed E-state index contributed by atoms with van der Waals surface area (Å²) in [5.41, 5.74) is 15.3. The first kappa shape index (κ1) is 35.4. The Morgan fingerprint density at radius 2 is 0.951 bits per heavy atom. The molecule has 2 heteroatoms. The van der Waals surface area contributed by atoms with Gasteiger partial charge in [-0.15, -0.1) is 11.3 Å². The van der Waals surface area contributed by atoms with Crippen molar-refractivity contribution in [1.82, 2.24) is 0 Å². The zero-order chi connectivity index (χ0) is 40.3. The number of hydrogen-bond donors (Lipinski definition) is 0. The molecule has 0 atom stereocenters. The van der Waals surface area contributed by atoms with Crippen LogP contribution in [0, 0.1) is 0 Å². The Balaban J connectivity index is 1.11. The van der Waals surface area contributed by atoms with Crippen LogP contribution in [0.4, 0.5) is 17.1 Å². The fraction of sp³-hybridized carbons (Fsp3) is 0.0169. The monoisotopic (exact) mass is 793 g/mol. The summed E-state index contributed by atoms with van der Waals surface area (Å²) in [6.07, 6.45) is 0. The number of fused-ring (bicyclic) bond motifs is 7. The summed E-state index contributed by atoms with van der Waals surface area (Å²) in [5, 5.41) is 5.12. The molecule has 1 aliphatic rings. The lowest BCUT2D eigenvalue weighted by atomic mass is 9.68. The van der Waals surface area contributed by atoms with Crippen molar-refractivity contribution in [2.75, 3.05) is 4.90 Å². The minimum atomic E-state index is -0.507. The third-order valence-corrected chi connectivity index (χ3v) is 14.0. The van der Waals surface area contributed by atoms with Gasteiger partial charge >= 0.3 is 0 Å². The molecule has 61 heavy (non-hydrogen) atoms. The molecule has 0 spiro atoms. The second kappa shape index (κ2) is 14.3. The maximum Gasteiger partial charge on any atom is 0.0714 e. The minimum Gasteiger partial charge on any atom is -0.310 e. The number of rotatable bonds is 7. The molecule has 0 bridgehead atoms. The van der Waals surface area contributed by atoms with Crippen molar-refractivity contribution in [3.63, 3.8) is 0 Å². The molecule has 0 saturated carbocycles. The van der Waals surface area contributed by atoms with Gasteiger partial charge in [-0.2, -0.15) is 0 Å². The predicted octanol–water partition coefficient (Wildman–Crippen LogP) is 16.4. The molecule has 0 amide bonds. The summed E-state index contributed by atoms with van der Waals surface area (Å²) in [6, 6.07) is 87.3. The average molecular weight is 794 g/mol. The van der Waals surface area contributed by atoms with E-state index in [0.717, 1.165) is 17.1 Å². The molecule has 10 aromatic carbocycles. The molecular formula is C59H39NS. The molecule has 1 heterocycles.